The van der Waals surface area contributed by atoms with Gasteiger partial charge in [-0.15, -0.1) is 0 Å². The van der Waals surface area contributed by atoms with E-state index in [1.807, 2.05) is 6.92 Å². The Morgan fingerprint density at radius 2 is 1.58 bits per heavy atom. The summed E-state index contributed by atoms with van der Waals surface area (Å²) >= 11 is 11.6. The van der Waals surface area contributed by atoms with E-state index in [9.17, 15) is 5.21 Å². The lowest BCUT2D eigenvalue weighted by molar-refractivity contribution is -0.610. The van der Waals surface area contributed by atoms with Crippen molar-refractivity contribution in [1.82, 2.24) is 0 Å². The monoisotopic (exact) mass is 205 g/mol. The van der Waals surface area contributed by atoms with Gasteiger partial charge in [0, 0.05) is 12.5 Å². The predicted octanol–water partition coefficient (Wildman–Crippen LogP) is 2.55. The van der Waals surface area contributed by atoms with E-state index in [2.05, 4.69) is 0 Å². The van der Waals surface area contributed by atoms with Crippen molar-refractivity contribution in [3.8, 4) is 0 Å². The fourth-order valence-corrected chi connectivity index (χ4v) is 1.47. The molecule has 0 saturated carbocycles. The van der Waals surface area contributed by atoms with Crippen molar-refractivity contribution >= 4 is 23.2 Å². The number of hydrogen-bond acceptors (Lipinski definition) is 1. The minimum atomic E-state index is 0.203. The maximum Gasteiger partial charge on any atom is 0.289 e. The zero-order valence-corrected chi connectivity index (χ0v) is 8.62. The maximum absolute atomic E-state index is 11.3. The van der Waals surface area contributed by atoms with Gasteiger partial charge in [0.1, 0.15) is 5.02 Å². The highest BCUT2D eigenvalue weighted by atomic mass is 35.5. The predicted molar refractivity (Wildman–Crippen MR) is 49.6 cm³/mol. The Kier molecular flexibility index (Phi) is 2.49. The Morgan fingerprint density at radius 3 is 2.08 bits per heavy atom. The Balaban J connectivity index is 3.60. The molecule has 0 aliphatic heterocycles. The molecule has 1 aromatic rings. The molecule has 1 heterocycles. The van der Waals surface area contributed by atoms with E-state index in [4.69, 9.17) is 23.2 Å². The molecular weight excluding hydrogens is 197 g/mol. The van der Waals surface area contributed by atoms with E-state index in [1.54, 1.807) is 13.8 Å². The molecule has 0 amide bonds. The molecule has 0 aliphatic rings. The molecule has 12 heavy (non-hydrogen) atoms. The van der Waals surface area contributed by atoms with Crippen LogP contribution in [0.25, 0.3) is 0 Å². The zero-order valence-electron chi connectivity index (χ0n) is 7.11. The topological polar surface area (TPSA) is 26.9 Å². The summed E-state index contributed by atoms with van der Waals surface area (Å²) in [5.74, 6) is 0. The van der Waals surface area contributed by atoms with Crippen LogP contribution in [0.15, 0.2) is 0 Å². The lowest BCUT2D eigenvalue weighted by Gasteiger charge is -2.09. The van der Waals surface area contributed by atoms with Gasteiger partial charge in [-0.25, -0.2) is 0 Å². The van der Waals surface area contributed by atoms with Gasteiger partial charge >= 0.3 is 0 Å². The molecule has 0 spiro atoms. The number of pyridine rings is 1. The second-order valence-electron chi connectivity index (χ2n) is 2.73. The molecule has 0 N–H and O–H groups in total. The molecule has 0 saturated heterocycles. The summed E-state index contributed by atoms with van der Waals surface area (Å²) in [6.45, 7) is 5.27. The number of halogens is 2. The van der Waals surface area contributed by atoms with Crippen molar-refractivity contribution in [3.05, 3.63) is 32.2 Å². The van der Waals surface area contributed by atoms with Crippen LogP contribution in [0.5, 0.6) is 0 Å². The van der Waals surface area contributed by atoms with Gasteiger partial charge < -0.3 is 5.21 Å². The third kappa shape index (κ3) is 1.25. The van der Waals surface area contributed by atoms with Crippen LogP contribution in [0.4, 0.5) is 0 Å². The molecule has 0 atom stereocenters. The van der Waals surface area contributed by atoms with Crippen LogP contribution < -0.4 is 4.73 Å². The third-order valence-electron chi connectivity index (χ3n) is 2.00. The minimum absolute atomic E-state index is 0.203. The SMILES string of the molecule is Cc1c(C)c(Cl)[n+]([O-])c(C)c1Cl. The molecule has 66 valence electrons. The summed E-state index contributed by atoms with van der Waals surface area (Å²) in [5.41, 5.74) is 2.05. The standard InChI is InChI=1S/C8H9Cl2NO/c1-4-5(2)8(10)11(12)6(3)7(4)9/h1-3H3. The Bertz CT molecular complexity index is 231. The van der Waals surface area contributed by atoms with Gasteiger partial charge in [-0.1, -0.05) is 11.6 Å². The van der Waals surface area contributed by atoms with Crippen molar-refractivity contribution in [1.29, 1.82) is 0 Å². The van der Waals surface area contributed by atoms with Crippen molar-refractivity contribution in [3.63, 3.8) is 0 Å². The van der Waals surface area contributed by atoms with Gasteiger partial charge in [-0.2, -0.15) is 4.73 Å². The molecule has 0 unspecified atom stereocenters. The average molecular weight is 206 g/mol. The lowest BCUT2D eigenvalue weighted by atomic mass is 10.1. The number of rotatable bonds is 0. The van der Waals surface area contributed by atoms with Gasteiger partial charge in [0.2, 0.25) is 5.69 Å². The Hall–Kier alpha value is -0.470. The number of nitrogens with zero attached hydrogens (tertiary/aromatic N) is 1. The quantitative estimate of drug-likeness (QED) is 0.364. The molecular formula is C8H9Cl2NO. The first-order chi connectivity index (χ1) is 5.46. The van der Waals surface area contributed by atoms with E-state index < -0.39 is 0 Å². The normalized spacial score (nSPS) is 10.4. The van der Waals surface area contributed by atoms with Crippen LogP contribution >= 0.6 is 23.2 Å². The molecule has 0 radical (unpaired) electrons. The van der Waals surface area contributed by atoms with E-state index in [0.717, 1.165) is 11.1 Å². The highest BCUT2D eigenvalue weighted by Crippen LogP contribution is 2.24. The van der Waals surface area contributed by atoms with E-state index >= 15 is 0 Å². The van der Waals surface area contributed by atoms with Crippen LogP contribution in [0.2, 0.25) is 10.2 Å². The first-order valence-electron chi connectivity index (χ1n) is 3.51. The van der Waals surface area contributed by atoms with Gasteiger partial charge in [0.05, 0.1) is 0 Å². The lowest BCUT2D eigenvalue weighted by Crippen LogP contribution is -2.33. The first kappa shape index (κ1) is 9.62. The van der Waals surface area contributed by atoms with Crippen LogP contribution in [-0.4, -0.2) is 0 Å². The van der Waals surface area contributed by atoms with Gasteiger partial charge in [-0.05, 0) is 31.0 Å². The molecule has 0 fully saturated rings. The van der Waals surface area contributed by atoms with Crippen LogP contribution in [-0.2, 0) is 0 Å². The molecule has 4 heteroatoms. The fraction of sp³-hybridized carbons (Fsp3) is 0.375. The highest BCUT2D eigenvalue weighted by Gasteiger charge is 2.17. The minimum Gasteiger partial charge on any atom is -0.617 e. The average Bonchev–Trinajstić information content (AvgIpc) is 2.08. The van der Waals surface area contributed by atoms with Crippen molar-refractivity contribution in [2.45, 2.75) is 20.8 Å². The largest absolute Gasteiger partial charge is 0.617 e. The third-order valence-corrected chi connectivity index (χ3v) is 3.00. The zero-order chi connectivity index (χ0) is 9.46. The van der Waals surface area contributed by atoms with Gasteiger partial charge in [-0.3, -0.25) is 0 Å². The van der Waals surface area contributed by atoms with E-state index in [1.165, 1.54) is 0 Å². The summed E-state index contributed by atoms with van der Waals surface area (Å²) in [5, 5.41) is 12.0. The molecule has 1 rings (SSSR count). The first-order valence-corrected chi connectivity index (χ1v) is 4.26. The smallest absolute Gasteiger partial charge is 0.289 e. The highest BCUT2D eigenvalue weighted by molar-refractivity contribution is 6.33. The summed E-state index contributed by atoms with van der Waals surface area (Å²) in [6.07, 6.45) is 0. The van der Waals surface area contributed by atoms with Crippen LogP contribution in [0.1, 0.15) is 16.8 Å². The molecule has 0 bridgehead atoms. The number of hydrogen-bond donors (Lipinski definition) is 0. The molecule has 0 aliphatic carbocycles. The fourth-order valence-electron chi connectivity index (χ4n) is 0.979. The van der Waals surface area contributed by atoms with Crippen molar-refractivity contribution in [2.75, 3.05) is 0 Å². The van der Waals surface area contributed by atoms with E-state index in [0.29, 0.717) is 15.4 Å². The van der Waals surface area contributed by atoms with Gasteiger partial charge in [0.15, 0.2) is 0 Å². The van der Waals surface area contributed by atoms with Crippen molar-refractivity contribution < 1.29 is 4.73 Å². The summed E-state index contributed by atoms with van der Waals surface area (Å²) in [7, 11) is 0. The van der Waals surface area contributed by atoms with E-state index in [-0.39, 0.29) is 5.15 Å². The summed E-state index contributed by atoms with van der Waals surface area (Å²) < 4.78 is 0.645. The molecule has 2 nitrogen and oxygen atoms in total. The van der Waals surface area contributed by atoms with Crippen LogP contribution in [0, 0.1) is 26.0 Å². The second kappa shape index (κ2) is 3.11. The molecule has 1 aromatic heterocycles. The summed E-state index contributed by atoms with van der Waals surface area (Å²) in [6, 6.07) is 0. The Labute approximate surface area is 81.3 Å². The summed E-state index contributed by atoms with van der Waals surface area (Å²) in [4.78, 5) is 0. The molecule has 0 aromatic carbocycles. The second-order valence-corrected chi connectivity index (χ2v) is 3.47. The van der Waals surface area contributed by atoms with Crippen LogP contribution in [0.3, 0.4) is 0 Å². The maximum atomic E-state index is 11.3. The van der Waals surface area contributed by atoms with Gasteiger partial charge in [0.25, 0.3) is 5.15 Å². The van der Waals surface area contributed by atoms with Crippen molar-refractivity contribution in [2.24, 2.45) is 0 Å². The number of aromatic nitrogens is 1. The Morgan fingerprint density at radius 1 is 1.08 bits per heavy atom.